The van der Waals surface area contributed by atoms with Gasteiger partial charge in [-0.15, -0.1) is 0 Å². The van der Waals surface area contributed by atoms with Crippen molar-refractivity contribution < 1.29 is 4.74 Å². The van der Waals surface area contributed by atoms with Crippen LogP contribution >= 0.6 is 0 Å². The largest absolute Gasteiger partial charge is 0.479 e. The van der Waals surface area contributed by atoms with Gasteiger partial charge in [0.05, 0.1) is 12.8 Å². The van der Waals surface area contributed by atoms with Gasteiger partial charge in [0.2, 0.25) is 5.88 Å². The van der Waals surface area contributed by atoms with Gasteiger partial charge in [-0.1, -0.05) is 6.92 Å². The monoisotopic (exact) mass is 235 g/mol. The molecule has 1 aromatic heterocycles. The fourth-order valence-corrected chi connectivity index (χ4v) is 2.27. The van der Waals surface area contributed by atoms with Crippen LogP contribution in [0.15, 0.2) is 12.1 Å². The number of nitrogens with two attached hydrogens (primary N) is 1. The first-order valence-corrected chi connectivity index (χ1v) is 6.26. The predicted molar refractivity (Wildman–Crippen MR) is 70.4 cm³/mol. The molecule has 1 aliphatic rings. The number of nitrogens with zero attached hydrogens (tertiary/aromatic N) is 2. The van der Waals surface area contributed by atoms with E-state index in [1.54, 1.807) is 7.11 Å². The Hall–Kier alpha value is -1.45. The van der Waals surface area contributed by atoms with Gasteiger partial charge in [-0.2, -0.15) is 4.98 Å². The highest BCUT2D eigenvalue weighted by Gasteiger charge is 2.16. The SMILES string of the molecule is COc1nc(N2CCCC(C)CC2)ccc1N. The Morgan fingerprint density at radius 2 is 2.18 bits per heavy atom. The van der Waals surface area contributed by atoms with E-state index in [4.69, 9.17) is 10.5 Å². The summed E-state index contributed by atoms with van der Waals surface area (Å²) in [5, 5.41) is 0. The van der Waals surface area contributed by atoms with Gasteiger partial charge < -0.3 is 15.4 Å². The average molecular weight is 235 g/mol. The molecule has 1 aliphatic heterocycles. The zero-order valence-corrected chi connectivity index (χ0v) is 10.6. The molecule has 0 aromatic carbocycles. The molecule has 1 unspecified atom stereocenters. The third-order valence-corrected chi connectivity index (χ3v) is 3.41. The van der Waals surface area contributed by atoms with Gasteiger partial charge in [-0.25, -0.2) is 0 Å². The third-order valence-electron chi connectivity index (χ3n) is 3.41. The zero-order chi connectivity index (χ0) is 12.3. The van der Waals surface area contributed by atoms with E-state index in [-0.39, 0.29) is 0 Å². The van der Waals surface area contributed by atoms with Crippen LogP contribution < -0.4 is 15.4 Å². The lowest BCUT2D eigenvalue weighted by Crippen LogP contribution is -2.25. The minimum atomic E-state index is 0.528. The van der Waals surface area contributed by atoms with Crippen molar-refractivity contribution in [2.24, 2.45) is 5.92 Å². The van der Waals surface area contributed by atoms with Gasteiger partial charge in [0, 0.05) is 13.1 Å². The second-order valence-electron chi connectivity index (χ2n) is 4.79. The lowest BCUT2D eigenvalue weighted by atomic mass is 10.0. The Labute approximate surface area is 103 Å². The maximum atomic E-state index is 5.78. The van der Waals surface area contributed by atoms with Crippen molar-refractivity contribution in [2.45, 2.75) is 26.2 Å². The summed E-state index contributed by atoms with van der Waals surface area (Å²) in [6.07, 6.45) is 3.77. The first-order valence-electron chi connectivity index (χ1n) is 6.26. The predicted octanol–water partition coefficient (Wildman–Crippen LogP) is 2.30. The second kappa shape index (κ2) is 5.25. The van der Waals surface area contributed by atoms with Crippen molar-refractivity contribution in [1.29, 1.82) is 0 Å². The molecule has 0 bridgehead atoms. The molecule has 2 heterocycles. The number of aromatic nitrogens is 1. The van der Waals surface area contributed by atoms with E-state index in [9.17, 15) is 0 Å². The molecule has 1 saturated heterocycles. The molecule has 0 aliphatic carbocycles. The first-order chi connectivity index (χ1) is 8.20. The molecule has 94 valence electrons. The van der Waals surface area contributed by atoms with Crippen LogP contribution in [0.4, 0.5) is 11.5 Å². The number of ether oxygens (including phenoxy) is 1. The van der Waals surface area contributed by atoms with Crippen LogP contribution in [0.1, 0.15) is 26.2 Å². The molecule has 1 atom stereocenters. The van der Waals surface area contributed by atoms with Crippen molar-refractivity contribution in [3.63, 3.8) is 0 Å². The molecule has 0 amide bonds. The van der Waals surface area contributed by atoms with Crippen molar-refractivity contribution in [3.8, 4) is 5.88 Å². The van der Waals surface area contributed by atoms with Crippen LogP contribution in [-0.4, -0.2) is 25.2 Å². The normalized spacial score (nSPS) is 21.1. The molecule has 1 fully saturated rings. The van der Waals surface area contributed by atoms with E-state index in [0.717, 1.165) is 24.8 Å². The van der Waals surface area contributed by atoms with Gasteiger partial charge in [-0.05, 0) is 37.3 Å². The molecule has 2 N–H and O–H groups in total. The van der Waals surface area contributed by atoms with E-state index < -0.39 is 0 Å². The van der Waals surface area contributed by atoms with Crippen LogP contribution in [0.2, 0.25) is 0 Å². The van der Waals surface area contributed by atoms with Crippen LogP contribution in [0.25, 0.3) is 0 Å². The summed E-state index contributed by atoms with van der Waals surface area (Å²) >= 11 is 0. The number of hydrogen-bond donors (Lipinski definition) is 1. The second-order valence-corrected chi connectivity index (χ2v) is 4.79. The Morgan fingerprint density at radius 1 is 1.35 bits per heavy atom. The van der Waals surface area contributed by atoms with Gasteiger partial charge in [0.1, 0.15) is 5.82 Å². The lowest BCUT2D eigenvalue weighted by Gasteiger charge is -2.22. The molecule has 4 nitrogen and oxygen atoms in total. The highest BCUT2D eigenvalue weighted by atomic mass is 16.5. The minimum absolute atomic E-state index is 0.528. The van der Waals surface area contributed by atoms with E-state index in [2.05, 4.69) is 16.8 Å². The van der Waals surface area contributed by atoms with Gasteiger partial charge in [-0.3, -0.25) is 0 Å². The van der Waals surface area contributed by atoms with Gasteiger partial charge in [0.15, 0.2) is 0 Å². The van der Waals surface area contributed by atoms with E-state index in [1.165, 1.54) is 19.3 Å². The molecule has 1 aromatic rings. The third kappa shape index (κ3) is 2.81. The first kappa shape index (κ1) is 12.0. The Kier molecular flexibility index (Phi) is 3.71. The van der Waals surface area contributed by atoms with Crippen molar-refractivity contribution in [1.82, 2.24) is 4.98 Å². The zero-order valence-electron chi connectivity index (χ0n) is 10.6. The van der Waals surface area contributed by atoms with E-state index in [0.29, 0.717) is 11.6 Å². The Bertz CT molecular complexity index is 381. The maximum Gasteiger partial charge on any atom is 0.238 e. The number of hydrogen-bond acceptors (Lipinski definition) is 4. The molecule has 0 saturated carbocycles. The van der Waals surface area contributed by atoms with Crippen molar-refractivity contribution >= 4 is 11.5 Å². The molecular formula is C13H21N3O. The van der Waals surface area contributed by atoms with Crippen LogP contribution in [-0.2, 0) is 0 Å². The number of anilines is 2. The summed E-state index contributed by atoms with van der Waals surface area (Å²) in [4.78, 5) is 6.78. The summed E-state index contributed by atoms with van der Waals surface area (Å²) in [5.41, 5.74) is 6.37. The summed E-state index contributed by atoms with van der Waals surface area (Å²) in [5.74, 6) is 2.32. The summed E-state index contributed by atoms with van der Waals surface area (Å²) in [6, 6.07) is 3.85. The van der Waals surface area contributed by atoms with E-state index >= 15 is 0 Å². The van der Waals surface area contributed by atoms with Crippen LogP contribution in [0, 0.1) is 5.92 Å². The summed E-state index contributed by atoms with van der Waals surface area (Å²) < 4.78 is 5.17. The number of pyridine rings is 1. The molecule has 0 spiro atoms. The highest BCUT2D eigenvalue weighted by Crippen LogP contribution is 2.25. The number of rotatable bonds is 2. The smallest absolute Gasteiger partial charge is 0.238 e. The molecular weight excluding hydrogens is 214 g/mol. The summed E-state index contributed by atoms with van der Waals surface area (Å²) in [7, 11) is 1.60. The van der Waals surface area contributed by atoms with Crippen LogP contribution in [0.3, 0.4) is 0 Å². The van der Waals surface area contributed by atoms with E-state index in [1.807, 2.05) is 12.1 Å². The van der Waals surface area contributed by atoms with Gasteiger partial charge >= 0.3 is 0 Å². The molecule has 0 radical (unpaired) electrons. The quantitative estimate of drug-likeness (QED) is 0.854. The van der Waals surface area contributed by atoms with Crippen molar-refractivity contribution in [3.05, 3.63) is 12.1 Å². The highest BCUT2D eigenvalue weighted by molar-refractivity contribution is 5.54. The fourth-order valence-electron chi connectivity index (χ4n) is 2.27. The Morgan fingerprint density at radius 3 is 2.94 bits per heavy atom. The lowest BCUT2D eigenvalue weighted by molar-refractivity contribution is 0.400. The number of methoxy groups -OCH3 is 1. The van der Waals surface area contributed by atoms with Crippen molar-refractivity contribution in [2.75, 3.05) is 30.8 Å². The fraction of sp³-hybridized carbons (Fsp3) is 0.615. The molecule has 4 heteroatoms. The topological polar surface area (TPSA) is 51.4 Å². The Balaban J connectivity index is 2.15. The molecule has 17 heavy (non-hydrogen) atoms. The standard InChI is InChI=1S/C13H21N3O/c1-10-4-3-8-16(9-7-10)12-6-5-11(14)13(15-12)17-2/h5-6,10H,3-4,7-9,14H2,1-2H3. The summed E-state index contributed by atoms with van der Waals surface area (Å²) in [6.45, 7) is 4.46. The van der Waals surface area contributed by atoms with Gasteiger partial charge in [0.25, 0.3) is 0 Å². The molecule has 2 rings (SSSR count). The average Bonchev–Trinajstić information content (AvgIpc) is 2.55. The van der Waals surface area contributed by atoms with Crippen LogP contribution in [0.5, 0.6) is 5.88 Å². The maximum absolute atomic E-state index is 5.78. The number of nitrogen functional groups attached to an aromatic ring is 1. The minimum Gasteiger partial charge on any atom is -0.479 e.